The number of rotatable bonds is 3. The maximum Gasteiger partial charge on any atom is 0.217 e. The zero-order valence-electron chi connectivity index (χ0n) is 10.4. The summed E-state index contributed by atoms with van der Waals surface area (Å²) in [5, 5.41) is 2.55. The molecule has 0 bridgehead atoms. The first kappa shape index (κ1) is 14.3. The number of carbonyl (C=O) groups excluding carboxylic acids is 1. The van der Waals surface area contributed by atoms with Gasteiger partial charge in [-0.1, -0.05) is 30.0 Å². The highest BCUT2D eigenvalue weighted by molar-refractivity contribution is 7.89. The average molecular weight is 265 g/mol. The van der Waals surface area contributed by atoms with Crippen LogP contribution in [0, 0.1) is 11.8 Å². The molecule has 0 aromatic heterocycles. The van der Waals surface area contributed by atoms with Crippen molar-refractivity contribution in [1.82, 2.24) is 5.32 Å². The highest BCUT2D eigenvalue weighted by atomic mass is 32.2. The van der Waals surface area contributed by atoms with Crippen LogP contribution in [0.5, 0.6) is 0 Å². The molecule has 1 aromatic carbocycles. The predicted molar refractivity (Wildman–Crippen MR) is 70.6 cm³/mol. The third kappa shape index (κ3) is 5.51. The second-order valence-corrected chi connectivity index (χ2v) is 6.08. The third-order valence-corrected chi connectivity index (χ3v) is 2.92. The van der Waals surface area contributed by atoms with Crippen LogP contribution in [-0.2, 0) is 20.4 Å². The van der Waals surface area contributed by atoms with Crippen LogP contribution in [0.15, 0.2) is 24.3 Å². The smallest absolute Gasteiger partial charge is 0.217 e. The van der Waals surface area contributed by atoms with E-state index in [0.29, 0.717) is 11.1 Å². The molecule has 0 atom stereocenters. The first-order valence-electron chi connectivity index (χ1n) is 5.37. The van der Waals surface area contributed by atoms with E-state index < -0.39 is 9.84 Å². The molecule has 1 amide bonds. The van der Waals surface area contributed by atoms with Gasteiger partial charge in [0.2, 0.25) is 5.91 Å². The minimum Gasteiger partial charge on any atom is -0.345 e. The van der Waals surface area contributed by atoms with E-state index in [9.17, 15) is 13.2 Å². The molecule has 0 aliphatic carbocycles. The van der Waals surface area contributed by atoms with Crippen LogP contribution >= 0.6 is 0 Å². The molecule has 96 valence electrons. The van der Waals surface area contributed by atoms with E-state index in [2.05, 4.69) is 17.2 Å². The van der Waals surface area contributed by atoms with Gasteiger partial charge < -0.3 is 5.32 Å². The van der Waals surface area contributed by atoms with Gasteiger partial charge in [0.25, 0.3) is 0 Å². The van der Waals surface area contributed by atoms with Gasteiger partial charge in [0, 0.05) is 18.7 Å². The van der Waals surface area contributed by atoms with Crippen molar-refractivity contribution in [3.63, 3.8) is 0 Å². The quantitative estimate of drug-likeness (QED) is 0.819. The second kappa shape index (κ2) is 6.22. The Morgan fingerprint density at radius 3 is 2.61 bits per heavy atom. The van der Waals surface area contributed by atoms with E-state index in [0.717, 1.165) is 0 Å². The number of hydrogen-bond donors (Lipinski definition) is 1. The Morgan fingerprint density at radius 1 is 1.33 bits per heavy atom. The summed E-state index contributed by atoms with van der Waals surface area (Å²) in [5.41, 5.74) is 1.35. The average Bonchev–Trinajstić information content (AvgIpc) is 2.24. The summed E-state index contributed by atoms with van der Waals surface area (Å²) < 4.78 is 22.5. The number of carbonyl (C=O) groups is 1. The van der Waals surface area contributed by atoms with Crippen molar-refractivity contribution >= 4 is 15.7 Å². The molecule has 0 unspecified atom stereocenters. The first-order chi connectivity index (χ1) is 8.38. The van der Waals surface area contributed by atoms with Crippen molar-refractivity contribution in [3.05, 3.63) is 35.4 Å². The molecule has 0 radical (unpaired) electrons. The maximum absolute atomic E-state index is 11.3. The molecule has 0 aliphatic rings. The molecule has 4 nitrogen and oxygen atoms in total. The predicted octanol–water partition coefficient (Wildman–Crippen LogP) is 0.719. The Kier molecular flexibility index (Phi) is 4.93. The molecule has 0 saturated carbocycles. The molecule has 0 spiro atoms. The monoisotopic (exact) mass is 265 g/mol. The van der Waals surface area contributed by atoms with Crippen LogP contribution < -0.4 is 5.32 Å². The van der Waals surface area contributed by atoms with Gasteiger partial charge in [0.1, 0.15) is 0 Å². The fourth-order valence-electron chi connectivity index (χ4n) is 1.36. The van der Waals surface area contributed by atoms with Gasteiger partial charge in [-0.3, -0.25) is 4.79 Å². The minimum atomic E-state index is -3.08. The van der Waals surface area contributed by atoms with Crippen molar-refractivity contribution < 1.29 is 13.2 Å². The summed E-state index contributed by atoms with van der Waals surface area (Å²) in [6.07, 6.45) is 1.19. The summed E-state index contributed by atoms with van der Waals surface area (Å²) in [4.78, 5) is 10.7. The van der Waals surface area contributed by atoms with Crippen molar-refractivity contribution in [2.75, 3.05) is 12.8 Å². The number of nitrogens with one attached hydrogen (secondary N) is 1. The Morgan fingerprint density at radius 2 is 2.00 bits per heavy atom. The lowest BCUT2D eigenvalue weighted by molar-refractivity contribution is -0.118. The summed E-state index contributed by atoms with van der Waals surface area (Å²) in [5.74, 6) is 5.47. The van der Waals surface area contributed by atoms with Gasteiger partial charge >= 0.3 is 0 Å². The van der Waals surface area contributed by atoms with Crippen molar-refractivity contribution in [3.8, 4) is 11.8 Å². The first-order valence-corrected chi connectivity index (χ1v) is 7.43. The van der Waals surface area contributed by atoms with Crippen LogP contribution in [-0.4, -0.2) is 27.1 Å². The minimum absolute atomic E-state index is 0.0298. The largest absolute Gasteiger partial charge is 0.345 e. The van der Waals surface area contributed by atoms with Gasteiger partial charge in [-0.05, 0) is 11.6 Å². The molecule has 18 heavy (non-hydrogen) atoms. The van der Waals surface area contributed by atoms with Crippen molar-refractivity contribution in [1.29, 1.82) is 0 Å². The lowest BCUT2D eigenvalue weighted by Crippen LogP contribution is -2.19. The highest BCUT2D eigenvalue weighted by Gasteiger charge is 2.07. The number of benzene rings is 1. The second-order valence-electron chi connectivity index (χ2n) is 3.94. The van der Waals surface area contributed by atoms with Crippen LogP contribution in [0.3, 0.4) is 0 Å². The molecular weight excluding hydrogens is 250 g/mol. The number of hydrogen-bond acceptors (Lipinski definition) is 3. The van der Waals surface area contributed by atoms with E-state index in [-0.39, 0.29) is 18.2 Å². The summed E-state index contributed by atoms with van der Waals surface area (Å²) in [6, 6.07) is 7.08. The Balaban J connectivity index is 2.85. The molecule has 0 saturated heterocycles. The van der Waals surface area contributed by atoms with E-state index in [4.69, 9.17) is 0 Å². The molecule has 0 heterocycles. The fraction of sp³-hybridized carbons (Fsp3) is 0.308. The Labute approximate surface area is 107 Å². The van der Waals surface area contributed by atoms with Crippen LogP contribution in [0.2, 0.25) is 0 Å². The van der Waals surface area contributed by atoms with Crippen LogP contribution in [0.1, 0.15) is 18.1 Å². The molecule has 1 aromatic rings. The van der Waals surface area contributed by atoms with Gasteiger partial charge in [-0.25, -0.2) is 8.42 Å². The van der Waals surface area contributed by atoms with E-state index >= 15 is 0 Å². The SMILES string of the molecule is CC(=O)NCC#Cc1ccccc1CS(C)(=O)=O. The fourth-order valence-corrected chi connectivity index (χ4v) is 2.18. The Bertz CT molecular complexity index is 594. The van der Waals surface area contributed by atoms with Gasteiger partial charge in [0.05, 0.1) is 12.3 Å². The van der Waals surface area contributed by atoms with E-state index in [1.807, 2.05) is 0 Å². The highest BCUT2D eigenvalue weighted by Crippen LogP contribution is 2.10. The summed E-state index contributed by atoms with van der Waals surface area (Å²) >= 11 is 0. The summed E-state index contributed by atoms with van der Waals surface area (Å²) in [6.45, 7) is 1.67. The molecule has 1 N–H and O–H groups in total. The molecule has 5 heteroatoms. The normalized spacial score (nSPS) is 10.3. The zero-order chi connectivity index (χ0) is 13.6. The van der Waals surface area contributed by atoms with Crippen LogP contribution in [0.25, 0.3) is 0 Å². The topological polar surface area (TPSA) is 63.2 Å². The van der Waals surface area contributed by atoms with E-state index in [1.165, 1.54) is 13.2 Å². The van der Waals surface area contributed by atoms with Crippen molar-refractivity contribution in [2.45, 2.75) is 12.7 Å². The van der Waals surface area contributed by atoms with Crippen molar-refractivity contribution in [2.24, 2.45) is 0 Å². The standard InChI is InChI=1S/C13H15NO3S/c1-11(15)14-9-5-8-12-6-3-4-7-13(12)10-18(2,16)17/h3-4,6-7H,9-10H2,1-2H3,(H,14,15). The van der Waals surface area contributed by atoms with Crippen LogP contribution in [0.4, 0.5) is 0 Å². The van der Waals surface area contributed by atoms with Gasteiger partial charge in [-0.15, -0.1) is 0 Å². The van der Waals surface area contributed by atoms with E-state index in [1.54, 1.807) is 24.3 Å². The third-order valence-electron chi connectivity index (χ3n) is 2.08. The Hall–Kier alpha value is -1.80. The molecule has 0 fully saturated rings. The lowest BCUT2D eigenvalue weighted by Gasteiger charge is -2.02. The van der Waals surface area contributed by atoms with Gasteiger partial charge in [-0.2, -0.15) is 0 Å². The number of sulfone groups is 1. The zero-order valence-corrected chi connectivity index (χ0v) is 11.2. The van der Waals surface area contributed by atoms with Gasteiger partial charge in [0.15, 0.2) is 9.84 Å². The lowest BCUT2D eigenvalue weighted by atomic mass is 10.1. The maximum atomic E-state index is 11.3. The number of amides is 1. The molecular formula is C13H15NO3S. The molecule has 0 aliphatic heterocycles. The summed E-state index contributed by atoms with van der Waals surface area (Å²) in [7, 11) is -3.08. The molecule has 1 rings (SSSR count).